The van der Waals surface area contributed by atoms with Crippen LogP contribution in [0.1, 0.15) is 50.3 Å². The van der Waals surface area contributed by atoms with Gasteiger partial charge in [0.15, 0.2) is 0 Å². The van der Waals surface area contributed by atoms with Crippen molar-refractivity contribution in [3.8, 4) is 0 Å². The average molecular weight is 288 g/mol. The lowest BCUT2D eigenvalue weighted by Gasteiger charge is -2.29. The molecular weight excluding hydrogens is 256 g/mol. The minimum Gasteiger partial charge on any atom is -0.308 e. The predicted molar refractivity (Wildman–Crippen MR) is 91.6 cm³/mol. The molecule has 1 fully saturated rings. The first-order valence-electron chi connectivity index (χ1n) is 8.43. The van der Waals surface area contributed by atoms with Gasteiger partial charge in [-0.05, 0) is 57.7 Å². The van der Waals surface area contributed by atoms with Crippen molar-refractivity contribution < 1.29 is 0 Å². The molecule has 2 unspecified atom stereocenters. The van der Waals surface area contributed by atoms with Crippen molar-refractivity contribution in [1.29, 1.82) is 0 Å². The van der Waals surface area contributed by atoms with Crippen LogP contribution in [0.4, 0.5) is 0 Å². The molecule has 0 amide bonds. The van der Waals surface area contributed by atoms with Gasteiger partial charge in [0, 0.05) is 18.6 Å². The van der Waals surface area contributed by atoms with E-state index in [1.54, 1.807) is 0 Å². The highest BCUT2D eigenvalue weighted by Crippen LogP contribution is 2.41. The number of hydrogen-bond donors (Lipinski definition) is 1. The maximum Gasteiger partial charge on any atom is 0.0349 e. The summed E-state index contributed by atoms with van der Waals surface area (Å²) in [6, 6.07) is 10.3. The number of nitrogens with one attached hydrogen (secondary N) is 1. The van der Waals surface area contributed by atoms with Crippen LogP contribution in [0.25, 0.3) is 0 Å². The van der Waals surface area contributed by atoms with Crippen LogP contribution >= 0.6 is 0 Å². The van der Waals surface area contributed by atoms with E-state index in [9.17, 15) is 0 Å². The van der Waals surface area contributed by atoms with Gasteiger partial charge < -0.3 is 10.2 Å². The summed E-state index contributed by atoms with van der Waals surface area (Å²) < 4.78 is 0. The molecule has 2 heteroatoms. The number of likely N-dealkylation sites (N-methyl/N-ethyl adjacent to an activating group) is 1. The lowest BCUT2D eigenvalue weighted by Crippen LogP contribution is -2.40. The largest absolute Gasteiger partial charge is 0.308 e. The van der Waals surface area contributed by atoms with Crippen LogP contribution in [0.3, 0.4) is 0 Å². The van der Waals surface area contributed by atoms with Gasteiger partial charge in [0.2, 0.25) is 0 Å². The second kappa shape index (κ2) is 7.42. The van der Waals surface area contributed by atoms with E-state index in [-0.39, 0.29) is 0 Å². The van der Waals surface area contributed by atoms with E-state index in [4.69, 9.17) is 0 Å². The predicted octanol–water partition coefficient (Wildman–Crippen LogP) is 4.01. The maximum absolute atomic E-state index is 3.86. The summed E-state index contributed by atoms with van der Waals surface area (Å²) in [6.07, 6.45) is 4.01. The summed E-state index contributed by atoms with van der Waals surface area (Å²) in [4.78, 5) is 2.37. The minimum absolute atomic E-state index is 0.542. The Labute approximate surface area is 130 Å². The molecule has 1 saturated carbocycles. The third kappa shape index (κ3) is 5.12. The highest BCUT2D eigenvalue weighted by Gasteiger charge is 2.32. The summed E-state index contributed by atoms with van der Waals surface area (Å²) in [5.41, 5.74) is 2.81. The number of rotatable bonds is 8. The van der Waals surface area contributed by atoms with Crippen molar-refractivity contribution in [1.82, 2.24) is 10.2 Å². The molecule has 2 rings (SSSR count). The van der Waals surface area contributed by atoms with E-state index in [0.717, 1.165) is 18.4 Å². The van der Waals surface area contributed by atoms with E-state index in [2.05, 4.69) is 69.3 Å². The Kier molecular flexibility index (Phi) is 5.83. The van der Waals surface area contributed by atoms with Gasteiger partial charge in [-0.1, -0.05) is 43.7 Å². The first-order chi connectivity index (χ1) is 9.97. The molecule has 21 heavy (non-hydrogen) atoms. The van der Waals surface area contributed by atoms with Crippen LogP contribution in [-0.4, -0.2) is 31.6 Å². The summed E-state index contributed by atoms with van der Waals surface area (Å²) in [5.74, 6) is 1.59. The monoisotopic (exact) mass is 288 g/mol. The van der Waals surface area contributed by atoms with E-state index in [0.29, 0.717) is 12.1 Å². The molecule has 1 aliphatic carbocycles. The molecule has 1 aromatic rings. The molecule has 1 aliphatic rings. The van der Waals surface area contributed by atoms with E-state index in [1.165, 1.54) is 30.4 Å². The number of benzene rings is 1. The molecule has 0 aromatic heterocycles. The summed E-state index contributed by atoms with van der Waals surface area (Å²) in [7, 11) is 4.40. The topological polar surface area (TPSA) is 15.3 Å². The van der Waals surface area contributed by atoms with Gasteiger partial charge in [-0.3, -0.25) is 0 Å². The van der Waals surface area contributed by atoms with Crippen molar-refractivity contribution in [3.05, 3.63) is 35.4 Å². The van der Waals surface area contributed by atoms with Gasteiger partial charge in [0.05, 0.1) is 0 Å². The Morgan fingerprint density at radius 3 is 2.24 bits per heavy atom. The zero-order valence-corrected chi connectivity index (χ0v) is 14.4. The van der Waals surface area contributed by atoms with E-state index < -0.39 is 0 Å². The minimum atomic E-state index is 0.542. The molecule has 0 heterocycles. The zero-order valence-electron chi connectivity index (χ0n) is 14.4. The number of nitrogens with zero attached hydrogens (tertiary/aromatic N) is 1. The summed E-state index contributed by atoms with van der Waals surface area (Å²) >= 11 is 0. The van der Waals surface area contributed by atoms with Crippen molar-refractivity contribution in [2.45, 2.75) is 52.1 Å². The molecule has 1 aromatic carbocycles. The highest BCUT2D eigenvalue weighted by molar-refractivity contribution is 5.25. The highest BCUT2D eigenvalue weighted by atomic mass is 15.1. The van der Waals surface area contributed by atoms with Crippen molar-refractivity contribution >= 4 is 0 Å². The average Bonchev–Trinajstić information content (AvgIpc) is 3.23. The first kappa shape index (κ1) is 16.5. The normalized spacial score (nSPS) is 18.2. The molecule has 0 bridgehead atoms. The van der Waals surface area contributed by atoms with Crippen LogP contribution in [-0.2, 0) is 0 Å². The fourth-order valence-electron chi connectivity index (χ4n) is 3.04. The Bertz CT molecular complexity index is 418. The van der Waals surface area contributed by atoms with Crippen LogP contribution in [0.15, 0.2) is 24.3 Å². The molecule has 1 N–H and O–H groups in total. The molecule has 0 aliphatic heterocycles. The number of aryl methyl sites for hydroxylation is 1. The molecule has 118 valence electrons. The Morgan fingerprint density at radius 2 is 1.76 bits per heavy atom. The quantitative estimate of drug-likeness (QED) is 0.777. The van der Waals surface area contributed by atoms with Crippen LogP contribution in [0.2, 0.25) is 0 Å². The Balaban J connectivity index is 1.98. The van der Waals surface area contributed by atoms with Crippen molar-refractivity contribution in [2.75, 3.05) is 20.6 Å². The van der Waals surface area contributed by atoms with Gasteiger partial charge in [-0.15, -0.1) is 0 Å². The standard InChI is InChI=1S/C19H32N2/c1-14(2)12-18(21(4)5)13-20-19(17-10-11-17)16-8-6-15(3)7-9-16/h6-9,14,17-20H,10-13H2,1-5H3. The summed E-state index contributed by atoms with van der Waals surface area (Å²) in [5, 5.41) is 3.86. The van der Waals surface area contributed by atoms with Crippen molar-refractivity contribution in [3.63, 3.8) is 0 Å². The second-order valence-corrected chi connectivity index (χ2v) is 7.38. The SMILES string of the molecule is Cc1ccc(C(NCC(CC(C)C)N(C)C)C2CC2)cc1. The third-order valence-corrected chi connectivity index (χ3v) is 4.58. The lowest BCUT2D eigenvalue weighted by molar-refractivity contribution is 0.237. The van der Waals surface area contributed by atoms with Gasteiger partial charge in [-0.2, -0.15) is 0 Å². The maximum atomic E-state index is 3.86. The van der Waals surface area contributed by atoms with Gasteiger partial charge >= 0.3 is 0 Å². The first-order valence-corrected chi connectivity index (χ1v) is 8.43. The fourth-order valence-corrected chi connectivity index (χ4v) is 3.04. The molecular formula is C19H32N2. The third-order valence-electron chi connectivity index (χ3n) is 4.58. The smallest absolute Gasteiger partial charge is 0.0349 e. The van der Waals surface area contributed by atoms with Crippen LogP contribution in [0.5, 0.6) is 0 Å². The lowest BCUT2D eigenvalue weighted by atomic mass is 9.99. The van der Waals surface area contributed by atoms with Crippen LogP contribution < -0.4 is 5.32 Å². The molecule has 0 spiro atoms. The van der Waals surface area contributed by atoms with Gasteiger partial charge in [0.25, 0.3) is 0 Å². The van der Waals surface area contributed by atoms with E-state index >= 15 is 0 Å². The fraction of sp³-hybridized carbons (Fsp3) is 0.684. The second-order valence-electron chi connectivity index (χ2n) is 7.38. The Morgan fingerprint density at radius 1 is 1.14 bits per heavy atom. The molecule has 2 atom stereocenters. The van der Waals surface area contributed by atoms with E-state index in [1.807, 2.05) is 0 Å². The van der Waals surface area contributed by atoms with Crippen LogP contribution in [0, 0.1) is 18.8 Å². The van der Waals surface area contributed by atoms with Crippen molar-refractivity contribution in [2.24, 2.45) is 11.8 Å². The number of hydrogen-bond acceptors (Lipinski definition) is 2. The molecule has 2 nitrogen and oxygen atoms in total. The zero-order chi connectivity index (χ0) is 15.4. The molecule has 0 saturated heterocycles. The van der Waals surface area contributed by atoms with Gasteiger partial charge in [-0.25, -0.2) is 0 Å². The summed E-state index contributed by atoms with van der Waals surface area (Å²) in [6.45, 7) is 7.87. The molecule has 0 radical (unpaired) electrons. The van der Waals surface area contributed by atoms with Gasteiger partial charge in [0.1, 0.15) is 0 Å². The Hall–Kier alpha value is -0.860.